The minimum atomic E-state index is -0.251. The first kappa shape index (κ1) is 18.9. The van der Waals surface area contributed by atoms with E-state index in [2.05, 4.69) is 21.0 Å². The second kappa shape index (κ2) is 7.63. The number of anilines is 1. The molecule has 1 aromatic heterocycles. The van der Waals surface area contributed by atoms with Gasteiger partial charge in [0, 0.05) is 36.3 Å². The van der Waals surface area contributed by atoms with Gasteiger partial charge >= 0.3 is 0 Å². The number of aliphatic imine (C=N–C) groups is 1. The minimum Gasteiger partial charge on any atom is -0.494 e. The lowest BCUT2D eigenvalue weighted by molar-refractivity contribution is 0.436. The number of hydrogen-bond donors (Lipinski definition) is 2. The number of hydrogen-bond acceptors (Lipinski definition) is 3. The first-order valence-electron chi connectivity index (χ1n) is 10.7. The summed E-state index contributed by atoms with van der Waals surface area (Å²) in [6, 6.07) is 11.0. The maximum absolute atomic E-state index is 14.9. The van der Waals surface area contributed by atoms with Crippen molar-refractivity contribution in [3.8, 4) is 5.88 Å². The van der Waals surface area contributed by atoms with Crippen LogP contribution in [0.2, 0.25) is 0 Å². The summed E-state index contributed by atoms with van der Waals surface area (Å²) in [5, 5.41) is 11.2. The van der Waals surface area contributed by atoms with Crippen molar-refractivity contribution in [3.05, 3.63) is 65.0 Å². The molecule has 3 aromatic rings. The molecule has 0 bridgehead atoms. The normalized spacial score (nSPS) is 19.3. The molecule has 1 unspecified atom stereocenters. The number of halogens is 1. The van der Waals surface area contributed by atoms with Crippen LogP contribution in [-0.4, -0.2) is 29.4 Å². The Morgan fingerprint density at radius 3 is 3.00 bits per heavy atom. The highest BCUT2D eigenvalue weighted by atomic mass is 19.1. The molecule has 1 saturated heterocycles. The van der Waals surface area contributed by atoms with Crippen molar-refractivity contribution >= 4 is 28.5 Å². The molecule has 5 heteroatoms. The highest BCUT2D eigenvalue weighted by molar-refractivity contribution is 6.04. The zero-order chi connectivity index (χ0) is 20.7. The van der Waals surface area contributed by atoms with Gasteiger partial charge in [0.2, 0.25) is 0 Å². The van der Waals surface area contributed by atoms with Crippen LogP contribution in [0, 0.1) is 18.7 Å². The number of benzene rings is 2. The van der Waals surface area contributed by atoms with Crippen LogP contribution in [-0.2, 0) is 0 Å². The Labute approximate surface area is 175 Å². The van der Waals surface area contributed by atoms with Crippen molar-refractivity contribution < 1.29 is 9.50 Å². The van der Waals surface area contributed by atoms with E-state index in [4.69, 9.17) is 0 Å². The topological polar surface area (TPSA) is 51.6 Å². The molecule has 1 aliphatic carbocycles. The van der Waals surface area contributed by atoms with E-state index in [1.165, 1.54) is 24.5 Å². The predicted octanol–water partition coefficient (Wildman–Crippen LogP) is 6.01. The number of aryl methyl sites for hydroxylation is 1. The SMILES string of the molecule is Cc1cccc2[nH]c(O)c(C=Nc3ccc(N4CCC5CCCC=C5C4)c(F)c3)c12. The van der Waals surface area contributed by atoms with Gasteiger partial charge in [-0.25, -0.2) is 4.39 Å². The van der Waals surface area contributed by atoms with Crippen molar-refractivity contribution in [2.75, 3.05) is 18.0 Å². The van der Waals surface area contributed by atoms with Gasteiger partial charge in [0.25, 0.3) is 0 Å². The number of aromatic amines is 1. The number of H-pyrrole nitrogens is 1. The maximum Gasteiger partial charge on any atom is 0.198 e. The lowest BCUT2D eigenvalue weighted by atomic mass is 9.82. The first-order valence-corrected chi connectivity index (χ1v) is 10.7. The summed E-state index contributed by atoms with van der Waals surface area (Å²) >= 11 is 0. The fraction of sp³-hybridized carbons (Fsp3) is 0.320. The molecule has 154 valence electrons. The molecule has 1 aliphatic heterocycles. The van der Waals surface area contributed by atoms with Gasteiger partial charge in [-0.3, -0.25) is 4.99 Å². The molecule has 0 radical (unpaired) electrons. The van der Waals surface area contributed by atoms with Crippen LogP contribution in [0.15, 0.2) is 53.0 Å². The predicted molar refractivity (Wildman–Crippen MR) is 121 cm³/mol. The van der Waals surface area contributed by atoms with Crippen molar-refractivity contribution in [2.45, 2.75) is 32.6 Å². The van der Waals surface area contributed by atoms with Crippen LogP contribution >= 0.6 is 0 Å². The average molecular weight is 404 g/mol. The Kier molecular flexibility index (Phi) is 4.81. The van der Waals surface area contributed by atoms with Crippen molar-refractivity contribution in [3.63, 3.8) is 0 Å². The summed E-state index contributed by atoms with van der Waals surface area (Å²) in [5.41, 5.74) is 5.18. The largest absolute Gasteiger partial charge is 0.494 e. The number of nitrogens with one attached hydrogen (secondary N) is 1. The number of aromatic hydroxyl groups is 1. The van der Waals surface area contributed by atoms with Gasteiger partial charge in [-0.05, 0) is 62.3 Å². The van der Waals surface area contributed by atoms with Gasteiger partial charge in [0.15, 0.2) is 5.88 Å². The van der Waals surface area contributed by atoms with Crippen LogP contribution in [0.5, 0.6) is 5.88 Å². The number of nitrogens with zero attached hydrogens (tertiary/aromatic N) is 2. The summed E-state index contributed by atoms with van der Waals surface area (Å²) in [4.78, 5) is 9.55. The van der Waals surface area contributed by atoms with Gasteiger partial charge in [0.05, 0.1) is 16.9 Å². The molecule has 1 fully saturated rings. The van der Waals surface area contributed by atoms with E-state index in [0.29, 0.717) is 22.9 Å². The zero-order valence-electron chi connectivity index (χ0n) is 17.2. The number of piperidine rings is 1. The number of rotatable bonds is 3. The minimum absolute atomic E-state index is 0.0729. The molecule has 2 aliphatic rings. The van der Waals surface area contributed by atoms with E-state index in [-0.39, 0.29) is 11.7 Å². The van der Waals surface area contributed by atoms with E-state index in [9.17, 15) is 9.50 Å². The molecule has 0 spiro atoms. The lowest BCUT2D eigenvalue weighted by Gasteiger charge is -2.37. The van der Waals surface area contributed by atoms with Crippen molar-refractivity contribution in [2.24, 2.45) is 10.9 Å². The number of aromatic nitrogens is 1. The second-order valence-electron chi connectivity index (χ2n) is 8.40. The Bertz CT molecular complexity index is 1160. The fourth-order valence-corrected chi connectivity index (χ4v) is 4.88. The van der Waals surface area contributed by atoms with Crippen molar-refractivity contribution in [1.82, 2.24) is 4.98 Å². The van der Waals surface area contributed by atoms with Gasteiger partial charge in [-0.15, -0.1) is 0 Å². The molecule has 0 amide bonds. The molecule has 2 aromatic carbocycles. The molecule has 2 heterocycles. The lowest BCUT2D eigenvalue weighted by Crippen LogP contribution is -2.36. The monoisotopic (exact) mass is 403 g/mol. The van der Waals surface area contributed by atoms with Crippen LogP contribution in [0.4, 0.5) is 15.8 Å². The Hall–Kier alpha value is -3.08. The van der Waals surface area contributed by atoms with E-state index >= 15 is 0 Å². The third kappa shape index (κ3) is 3.38. The van der Waals surface area contributed by atoms with Crippen LogP contribution in [0.3, 0.4) is 0 Å². The highest BCUT2D eigenvalue weighted by Gasteiger charge is 2.26. The van der Waals surface area contributed by atoms with E-state index in [1.807, 2.05) is 37.3 Å². The molecule has 0 saturated carbocycles. The maximum atomic E-state index is 14.9. The van der Waals surface area contributed by atoms with E-state index in [1.54, 1.807) is 6.21 Å². The van der Waals surface area contributed by atoms with Gasteiger partial charge in [0.1, 0.15) is 5.82 Å². The third-order valence-corrected chi connectivity index (χ3v) is 6.47. The summed E-state index contributed by atoms with van der Waals surface area (Å²) in [7, 11) is 0. The molecule has 1 atom stereocenters. The standard InChI is InChI=1S/C25H26FN3O/c1-16-5-4-8-22-24(16)20(25(30)28-22)14-27-19-9-10-23(21(26)13-19)29-12-11-17-6-2-3-7-18(17)15-29/h4-5,7-10,13-14,17,28,30H,2-3,6,11-12,15H2,1H3. The van der Waals surface area contributed by atoms with Crippen molar-refractivity contribution in [1.29, 1.82) is 0 Å². The summed E-state index contributed by atoms with van der Waals surface area (Å²) in [5.74, 6) is 0.511. The quantitative estimate of drug-likeness (QED) is 0.416. The summed E-state index contributed by atoms with van der Waals surface area (Å²) in [6.07, 6.45) is 8.76. The van der Waals surface area contributed by atoms with Crippen LogP contribution in [0.1, 0.15) is 36.8 Å². The van der Waals surface area contributed by atoms with Gasteiger partial charge in [-0.1, -0.05) is 23.8 Å². The third-order valence-electron chi connectivity index (χ3n) is 6.47. The average Bonchev–Trinajstić information content (AvgIpc) is 3.08. The summed E-state index contributed by atoms with van der Waals surface area (Å²) in [6.45, 7) is 3.71. The Morgan fingerprint density at radius 2 is 2.13 bits per heavy atom. The number of fused-ring (bicyclic) bond motifs is 2. The number of allylic oxidation sites excluding steroid dienone is 1. The van der Waals surface area contributed by atoms with Crippen LogP contribution < -0.4 is 4.90 Å². The molecule has 2 N–H and O–H groups in total. The second-order valence-corrected chi connectivity index (χ2v) is 8.40. The van der Waals surface area contributed by atoms with E-state index in [0.717, 1.165) is 42.4 Å². The fourth-order valence-electron chi connectivity index (χ4n) is 4.88. The van der Waals surface area contributed by atoms with E-state index < -0.39 is 0 Å². The molecular weight excluding hydrogens is 377 g/mol. The van der Waals surface area contributed by atoms with Gasteiger partial charge < -0.3 is 15.0 Å². The Balaban J connectivity index is 1.39. The summed E-state index contributed by atoms with van der Waals surface area (Å²) < 4.78 is 14.9. The molecule has 30 heavy (non-hydrogen) atoms. The highest BCUT2D eigenvalue weighted by Crippen LogP contribution is 2.35. The zero-order valence-corrected chi connectivity index (χ0v) is 17.2. The smallest absolute Gasteiger partial charge is 0.198 e. The van der Waals surface area contributed by atoms with Gasteiger partial charge in [-0.2, -0.15) is 0 Å². The van der Waals surface area contributed by atoms with Crippen LogP contribution in [0.25, 0.3) is 10.9 Å². The molecule has 5 rings (SSSR count). The Morgan fingerprint density at radius 1 is 1.23 bits per heavy atom. The molecule has 4 nitrogen and oxygen atoms in total. The first-order chi connectivity index (χ1) is 14.6. The molecular formula is C25H26FN3O.